The molecule has 0 aliphatic carbocycles. The summed E-state index contributed by atoms with van der Waals surface area (Å²) >= 11 is 0. The number of aromatic nitrogens is 3. The average Bonchev–Trinajstić information content (AvgIpc) is 2.90. The molecule has 0 unspecified atom stereocenters. The summed E-state index contributed by atoms with van der Waals surface area (Å²) in [6.45, 7) is 3.87. The molecule has 2 aromatic heterocycles. The Kier molecular flexibility index (Phi) is 2.55. The van der Waals surface area contributed by atoms with Gasteiger partial charge in [0.1, 0.15) is 5.82 Å². The number of nitrogens with two attached hydrogens (primary N) is 1. The highest BCUT2D eigenvalue weighted by atomic mass is 15.3. The molecular formula is C14H16N4. The van der Waals surface area contributed by atoms with Crippen LogP contribution in [-0.4, -0.2) is 14.3 Å². The topological polar surface area (TPSA) is 48.8 Å². The van der Waals surface area contributed by atoms with E-state index in [2.05, 4.69) is 46.9 Å². The second-order valence-electron chi connectivity index (χ2n) is 4.50. The molecule has 3 aromatic rings. The third-order valence-electron chi connectivity index (χ3n) is 3.23. The molecule has 0 fully saturated rings. The van der Waals surface area contributed by atoms with Gasteiger partial charge in [-0.05, 0) is 30.5 Å². The van der Waals surface area contributed by atoms with Crippen LogP contribution in [0, 0.1) is 6.92 Å². The Morgan fingerprint density at radius 2 is 2.00 bits per heavy atom. The van der Waals surface area contributed by atoms with Crippen molar-refractivity contribution in [3.05, 3.63) is 48.3 Å². The number of hydrogen-bond donors (Lipinski definition) is 1. The Morgan fingerprint density at radius 3 is 2.78 bits per heavy atom. The molecule has 0 radical (unpaired) electrons. The van der Waals surface area contributed by atoms with Gasteiger partial charge in [0, 0.05) is 24.0 Å². The normalized spacial score (nSPS) is 11.2. The molecule has 92 valence electrons. The van der Waals surface area contributed by atoms with Crippen molar-refractivity contribution >= 4 is 16.7 Å². The molecule has 0 aliphatic heterocycles. The highest BCUT2D eigenvalue weighted by Gasteiger charge is 2.04. The van der Waals surface area contributed by atoms with Crippen LogP contribution in [0.25, 0.3) is 10.9 Å². The SMILES string of the molecule is Cc1cc2ccccc2n1CCn1ccc(N)n1. The van der Waals surface area contributed by atoms with Crippen molar-refractivity contribution < 1.29 is 0 Å². The predicted octanol–water partition coefficient (Wildman–Crippen LogP) is 2.43. The number of nitrogens with zero attached hydrogens (tertiary/aromatic N) is 3. The molecule has 0 atom stereocenters. The van der Waals surface area contributed by atoms with Crippen LogP contribution < -0.4 is 5.73 Å². The van der Waals surface area contributed by atoms with Crippen molar-refractivity contribution in [3.63, 3.8) is 0 Å². The van der Waals surface area contributed by atoms with E-state index in [1.165, 1.54) is 16.6 Å². The van der Waals surface area contributed by atoms with E-state index in [0.29, 0.717) is 5.82 Å². The van der Waals surface area contributed by atoms with Gasteiger partial charge in [0.2, 0.25) is 0 Å². The summed E-state index contributed by atoms with van der Waals surface area (Å²) in [4.78, 5) is 0. The summed E-state index contributed by atoms with van der Waals surface area (Å²) in [5.74, 6) is 0.573. The Balaban J connectivity index is 1.88. The summed E-state index contributed by atoms with van der Waals surface area (Å²) < 4.78 is 4.19. The smallest absolute Gasteiger partial charge is 0.145 e. The number of rotatable bonds is 3. The van der Waals surface area contributed by atoms with Crippen LogP contribution in [0.4, 0.5) is 5.82 Å². The first kappa shape index (κ1) is 10.9. The number of aryl methyl sites for hydroxylation is 3. The van der Waals surface area contributed by atoms with Gasteiger partial charge < -0.3 is 10.3 Å². The molecule has 2 heterocycles. The van der Waals surface area contributed by atoms with Crippen LogP contribution in [0.5, 0.6) is 0 Å². The molecule has 0 spiro atoms. The molecular weight excluding hydrogens is 224 g/mol. The molecule has 3 rings (SSSR count). The Hall–Kier alpha value is -2.23. The minimum Gasteiger partial charge on any atom is -0.382 e. The van der Waals surface area contributed by atoms with Crippen LogP contribution in [0.2, 0.25) is 0 Å². The largest absolute Gasteiger partial charge is 0.382 e. The summed E-state index contributed by atoms with van der Waals surface area (Å²) in [5.41, 5.74) is 8.16. The molecule has 4 nitrogen and oxygen atoms in total. The van der Waals surface area contributed by atoms with Crippen LogP contribution in [0.1, 0.15) is 5.69 Å². The lowest BCUT2D eigenvalue weighted by Gasteiger charge is -2.08. The number of para-hydroxylation sites is 1. The van der Waals surface area contributed by atoms with Crippen molar-refractivity contribution in [1.29, 1.82) is 0 Å². The van der Waals surface area contributed by atoms with Crippen LogP contribution in [-0.2, 0) is 13.1 Å². The predicted molar refractivity (Wildman–Crippen MR) is 73.3 cm³/mol. The van der Waals surface area contributed by atoms with Crippen LogP contribution >= 0.6 is 0 Å². The fraction of sp³-hybridized carbons (Fsp3) is 0.214. The molecule has 0 saturated heterocycles. The van der Waals surface area contributed by atoms with Gasteiger partial charge in [0.25, 0.3) is 0 Å². The zero-order valence-electron chi connectivity index (χ0n) is 10.4. The maximum Gasteiger partial charge on any atom is 0.145 e. The van der Waals surface area contributed by atoms with Gasteiger partial charge in [-0.25, -0.2) is 0 Å². The number of nitrogen functional groups attached to an aromatic ring is 1. The van der Waals surface area contributed by atoms with Crippen molar-refractivity contribution in [3.8, 4) is 0 Å². The van der Waals surface area contributed by atoms with E-state index < -0.39 is 0 Å². The molecule has 2 N–H and O–H groups in total. The van der Waals surface area contributed by atoms with Gasteiger partial charge in [-0.2, -0.15) is 5.10 Å². The van der Waals surface area contributed by atoms with Gasteiger partial charge in [-0.1, -0.05) is 18.2 Å². The fourth-order valence-corrected chi connectivity index (χ4v) is 2.35. The van der Waals surface area contributed by atoms with Crippen molar-refractivity contribution in [2.45, 2.75) is 20.0 Å². The van der Waals surface area contributed by atoms with E-state index in [1.54, 1.807) is 0 Å². The zero-order chi connectivity index (χ0) is 12.5. The second-order valence-corrected chi connectivity index (χ2v) is 4.50. The minimum atomic E-state index is 0.573. The average molecular weight is 240 g/mol. The van der Waals surface area contributed by atoms with Gasteiger partial charge in [-0.15, -0.1) is 0 Å². The highest BCUT2D eigenvalue weighted by Crippen LogP contribution is 2.19. The molecule has 1 aromatic carbocycles. The van der Waals surface area contributed by atoms with Gasteiger partial charge in [0.05, 0.1) is 6.54 Å². The third-order valence-corrected chi connectivity index (χ3v) is 3.23. The van der Waals surface area contributed by atoms with E-state index in [0.717, 1.165) is 13.1 Å². The molecule has 18 heavy (non-hydrogen) atoms. The van der Waals surface area contributed by atoms with Gasteiger partial charge >= 0.3 is 0 Å². The zero-order valence-corrected chi connectivity index (χ0v) is 10.4. The summed E-state index contributed by atoms with van der Waals surface area (Å²) in [7, 11) is 0. The molecule has 0 aliphatic rings. The summed E-state index contributed by atoms with van der Waals surface area (Å²) in [5, 5.41) is 5.49. The van der Waals surface area contributed by atoms with E-state index >= 15 is 0 Å². The standard InChI is InChI=1S/C14H16N4/c1-11-10-12-4-2-3-5-13(12)18(11)9-8-17-7-6-14(15)16-17/h2-7,10H,8-9H2,1H3,(H2,15,16). The number of anilines is 1. The minimum absolute atomic E-state index is 0.573. The lowest BCUT2D eigenvalue weighted by Crippen LogP contribution is -2.09. The van der Waals surface area contributed by atoms with Crippen molar-refractivity contribution in [1.82, 2.24) is 14.3 Å². The van der Waals surface area contributed by atoms with Gasteiger partial charge in [-0.3, -0.25) is 4.68 Å². The Morgan fingerprint density at radius 1 is 1.17 bits per heavy atom. The summed E-state index contributed by atoms with van der Waals surface area (Å²) in [6, 6.07) is 12.5. The van der Waals surface area contributed by atoms with Crippen LogP contribution in [0.3, 0.4) is 0 Å². The number of hydrogen-bond acceptors (Lipinski definition) is 2. The van der Waals surface area contributed by atoms with E-state index in [-0.39, 0.29) is 0 Å². The molecule has 0 saturated carbocycles. The van der Waals surface area contributed by atoms with Crippen molar-refractivity contribution in [2.75, 3.05) is 5.73 Å². The lowest BCUT2D eigenvalue weighted by atomic mass is 10.2. The monoisotopic (exact) mass is 240 g/mol. The third kappa shape index (κ3) is 1.86. The Labute approximate surface area is 106 Å². The van der Waals surface area contributed by atoms with Crippen molar-refractivity contribution in [2.24, 2.45) is 0 Å². The van der Waals surface area contributed by atoms with Gasteiger partial charge in [0.15, 0.2) is 0 Å². The maximum atomic E-state index is 5.61. The van der Waals surface area contributed by atoms with E-state index in [1.807, 2.05) is 16.9 Å². The fourth-order valence-electron chi connectivity index (χ4n) is 2.35. The van der Waals surface area contributed by atoms with Crippen LogP contribution in [0.15, 0.2) is 42.6 Å². The molecule has 0 amide bonds. The first-order valence-electron chi connectivity index (χ1n) is 6.08. The highest BCUT2D eigenvalue weighted by molar-refractivity contribution is 5.81. The van der Waals surface area contributed by atoms with E-state index in [9.17, 15) is 0 Å². The number of benzene rings is 1. The second kappa shape index (κ2) is 4.22. The molecule has 0 bridgehead atoms. The quantitative estimate of drug-likeness (QED) is 0.764. The Bertz CT molecular complexity index is 678. The lowest BCUT2D eigenvalue weighted by molar-refractivity contribution is 0.538. The molecule has 4 heteroatoms. The number of fused-ring (bicyclic) bond motifs is 1. The summed E-state index contributed by atoms with van der Waals surface area (Å²) in [6.07, 6.45) is 1.91. The first-order valence-corrected chi connectivity index (χ1v) is 6.08. The van der Waals surface area contributed by atoms with E-state index in [4.69, 9.17) is 5.73 Å². The maximum absolute atomic E-state index is 5.61. The first-order chi connectivity index (χ1) is 8.74.